The van der Waals surface area contributed by atoms with E-state index in [2.05, 4.69) is 20.8 Å². The van der Waals surface area contributed by atoms with Gasteiger partial charge in [-0.05, 0) is 18.8 Å². The molecule has 1 atom stereocenters. The Morgan fingerprint density at radius 2 is 0.718 bits per heavy atom. The number of hydrogen-bond acceptors (Lipinski definition) is 2. The summed E-state index contributed by atoms with van der Waals surface area (Å²) in [5.74, 6) is 0.793. The lowest BCUT2D eigenvalue weighted by molar-refractivity contribution is -0.144. The number of ether oxygens (including phenoxy) is 1. The molecule has 1 unspecified atom stereocenters. The molecular weight excluding hydrogens is 476 g/mol. The summed E-state index contributed by atoms with van der Waals surface area (Å²) in [5.41, 5.74) is 0. The Bertz CT molecular complexity index is 460. The van der Waals surface area contributed by atoms with Crippen molar-refractivity contribution in [3.8, 4) is 0 Å². The van der Waals surface area contributed by atoms with Gasteiger partial charge < -0.3 is 4.74 Å². The molecule has 0 aromatic carbocycles. The van der Waals surface area contributed by atoms with Gasteiger partial charge in [0.1, 0.15) is 0 Å². The van der Waals surface area contributed by atoms with Gasteiger partial charge in [-0.25, -0.2) is 0 Å². The molecular formula is C37H74O2. The van der Waals surface area contributed by atoms with E-state index in [0.29, 0.717) is 13.0 Å². The minimum absolute atomic E-state index is 0.0419. The van der Waals surface area contributed by atoms with Crippen LogP contribution in [0.2, 0.25) is 0 Å². The molecule has 0 saturated carbocycles. The van der Waals surface area contributed by atoms with Gasteiger partial charge in [0.25, 0.3) is 0 Å². The summed E-state index contributed by atoms with van der Waals surface area (Å²) in [4.78, 5) is 12.2. The van der Waals surface area contributed by atoms with Crippen LogP contribution in [0, 0.1) is 5.92 Å². The van der Waals surface area contributed by atoms with Crippen molar-refractivity contribution in [1.29, 1.82) is 0 Å². The fourth-order valence-corrected chi connectivity index (χ4v) is 5.91. The third kappa shape index (κ3) is 31.9. The standard InChI is InChI=1S/C37H74O2/c1-4-7-10-13-15-16-17-18-19-20-21-22-23-24-25-27-30-33-37(38)39-35-34-36(31-28-12-9-6-3)32-29-26-14-11-8-5-2/h36H,4-35H2,1-3H3. The maximum absolute atomic E-state index is 12.2. The van der Waals surface area contributed by atoms with Crippen LogP contribution < -0.4 is 0 Å². The fraction of sp³-hybridized carbons (Fsp3) is 0.973. The van der Waals surface area contributed by atoms with Crippen LogP contribution in [-0.4, -0.2) is 12.6 Å². The van der Waals surface area contributed by atoms with Gasteiger partial charge in [-0.1, -0.05) is 201 Å². The van der Waals surface area contributed by atoms with Gasteiger partial charge in [-0.15, -0.1) is 0 Å². The Labute approximate surface area is 247 Å². The van der Waals surface area contributed by atoms with Crippen molar-refractivity contribution < 1.29 is 9.53 Å². The smallest absolute Gasteiger partial charge is 0.305 e. The molecule has 0 rings (SSSR count). The fourth-order valence-electron chi connectivity index (χ4n) is 5.91. The molecule has 0 bridgehead atoms. The SMILES string of the molecule is CCCCCCCCCCCCCCCCCCCC(=O)OCCC(CCCCCC)CCCCCCCC. The summed E-state index contributed by atoms with van der Waals surface area (Å²) in [6, 6.07) is 0. The van der Waals surface area contributed by atoms with Crippen molar-refractivity contribution in [3.05, 3.63) is 0 Å². The van der Waals surface area contributed by atoms with Crippen molar-refractivity contribution >= 4 is 5.97 Å². The van der Waals surface area contributed by atoms with Gasteiger partial charge in [0.2, 0.25) is 0 Å². The number of unbranched alkanes of at least 4 members (excludes halogenated alkanes) is 24. The lowest BCUT2D eigenvalue weighted by atomic mass is 9.92. The second-order valence-electron chi connectivity index (χ2n) is 12.7. The normalized spacial score (nSPS) is 12.2. The largest absolute Gasteiger partial charge is 0.466 e. The van der Waals surface area contributed by atoms with Crippen molar-refractivity contribution in [2.45, 2.75) is 220 Å². The van der Waals surface area contributed by atoms with Crippen LogP contribution in [0.4, 0.5) is 0 Å². The van der Waals surface area contributed by atoms with Crippen LogP contribution in [0.25, 0.3) is 0 Å². The van der Waals surface area contributed by atoms with E-state index < -0.39 is 0 Å². The average molecular weight is 551 g/mol. The molecule has 0 heterocycles. The van der Waals surface area contributed by atoms with E-state index in [1.807, 2.05) is 0 Å². The van der Waals surface area contributed by atoms with E-state index in [9.17, 15) is 4.79 Å². The molecule has 0 aliphatic heterocycles. The van der Waals surface area contributed by atoms with Crippen LogP contribution in [0.1, 0.15) is 220 Å². The monoisotopic (exact) mass is 551 g/mol. The van der Waals surface area contributed by atoms with Gasteiger partial charge in [-0.3, -0.25) is 4.79 Å². The summed E-state index contributed by atoms with van der Waals surface area (Å²) in [6.07, 6.45) is 41.3. The third-order valence-corrected chi connectivity index (χ3v) is 8.71. The van der Waals surface area contributed by atoms with E-state index >= 15 is 0 Å². The topological polar surface area (TPSA) is 26.3 Å². The Kier molecular flexibility index (Phi) is 33.2. The van der Waals surface area contributed by atoms with Gasteiger partial charge in [0, 0.05) is 6.42 Å². The van der Waals surface area contributed by atoms with Crippen molar-refractivity contribution in [1.82, 2.24) is 0 Å². The van der Waals surface area contributed by atoms with E-state index in [4.69, 9.17) is 4.74 Å². The molecule has 234 valence electrons. The molecule has 0 aliphatic rings. The first-order chi connectivity index (χ1) is 19.2. The average Bonchev–Trinajstić information content (AvgIpc) is 2.94. The molecule has 0 fully saturated rings. The number of rotatable bonds is 33. The first-order valence-corrected chi connectivity index (χ1v) is 18.4. The predicted molar refractivity (Wildman–Crippen MR) is 175 cm³/mol. The maximum atomic E-state index is 12.2. The zero-order valence-electron chi connectivity index (χ0n) is 27.5. The minimum Gasteiger partial charge on any atom is -0.466 e. The Morgan fingerprint density at radius 1 is 0.410 bits per heavy atom. The number of carbonyl (C=O) groups excluding carboxylic acids is 1. The van der Waals surface area contributed by atoms with Crippen molar-refractivity contribution in [2.24, 2.45) is 5.92 Å². The first kappa shape index (κ1) is 38.5. The summed E-state index contributed by atoms with van der Waals surface area (Å²) in [5, 5.41) is 0. The molecule has 0 spiro atoms. The molecule has 0 aromatic rings. The summed E-state index contributed by atoms with van der Waals surface area (Å²) < 4.78 is 5.65. The minimum atomic E-state index is 0.0419. The number of esters is 1. The molecule has 0 aliphatic carbocycles. The molecule has 0 amide bonds. The molecule has 0 N–H and O–H groups in total. The van der Waals surface area contributed by atoms with Gasteiger partial charge in [0.05, 0.1) is 6.61 Å². The van der Waals surface area contributed by atoms with E-state index in [0.717, 1.165) is 18.8 Å². The predicted octanol–water partition coefficient (Wildman–Crippen LogP) is 13.3. The van der Waals surface area contributed by atoms with Crippen LogP contribution in [0.5, 0.6) is 0 Å². The Morgan fingerprint density at radius 3 is 1.10 bits per heavy atom. The number of carbonyl (C=O) groups is 1. The van der Waals surface area contributed by atoms with E-state index in [1.165, 1.54) is 180 Å². The molecule has 39 heavy (non-hydrogen) atoms. The van der Waals surface area contributed by atoms with Gasteiger partial charge in [-0.2, -0.15) is 0 Å². The number of hydrogen-bond donors (Lipinski definition) is 0. The maximum Gasteiger partial charge on any atom is 0.305 e. The first-order valence-electron chi connectivity index (χ1n) is 18.4. The summed E-state index contributed by atoms with van der Waals surface area (Å²) >= 11 is 0. The zero-order chi connectivity index (χ0) is 28.5. The molecule has 0 saturated heterocycles. The highest BCUT2D eigenvalue weighted by atomic mass is 16.5. The van der Waals surface area contributed by atoms with Crippen LogP contribution >= 0.6 is 0 Å². The highest BCUT2D eigenvalue weighted by Crippen LogP contribution is 2.22. The molecule has 2 heteroatoms. The Hall–Kier alpha value is -0.530. The molecule has 0 aromatic heterocycles. The second kappa shape index (κ2) is 33.7. The molecule has 0 radical (unpaired) electrons. The lowest BCUT2D eigenvalue weighted by Gasteiger charge is -2.17. The quantitative estimate of drug-likeness (QED) is 0.0600. The van der Waals surface area contributed by atoms with Crippen LogP contribution in [-0.2, 0) is 9.53 Å². The van der Waals surface area contributed by atoms with Crippen LogP contribution in [0.15, 0.2) is 0 Å². The Balaban J connectivity index is 3.59. The van der Waals surface area contributed by atoms with Gasteiger partial charge >= 0.3 is 5.97 Å². The third-order valence-electron chi connectivity index (χ3n) is 8.71. The lowest BCUT2D eigenvalue weighted by Crippen LogP contribution is -2.10. The van der Waals surface area contributed by atoms with E-state index in [-0.39, 0.29) is 5.97 Å². The van der Waals surface area contributed by atoms with E-state index in [1.54, 1.807) is 0 Å². The second-order valence-corrected chi connectivity index (χ2v) is 12.7. The highest BCUT2D eigenvalue weighted by molar-refractivity contribution is 5.69. The van der Waals surface area contributed by atoms with Crippen molar-refractivity contribution in [3.63, 3.8) is 0 Å². The molecule has 2 nitrogen and oxygen atoms in total. The van der Waals surface area contributed by atoms with Gasteiger partial charge in [0.15, 0.2) is 0 Å². The zero-order valence-corrected chi connectivity index (χ0v) is 27.5. The van der Waals surface area contributed by atoms with Crippen molar-refractivity contribution in [2.75, 3.05) is 6.61 Å². The highest BCUT2D eigenvalue weighted by Gasteiger charge is 2.11. The summed E-state index contributed by atoms with van der Waals surface area (Å²) in [6.45, 7) is 7.51. The summed E-state index contributed by atoms with van der Waals surface area (Å²) in [7, 11) is 0. The van der Waals surface area contributed by atoms with Crippen LogP contribution in [0.3, 0.4) is 0 Å².